The second-order valence-electron chi connectivity index (χ2n) is 9.36. The largest absolute Gasteiger partial charge is 0.497 e. The van der Waals surface area contributed by atoms with Crippen molar-refractivity contribution in [3.05, 3.63) is 71.9 Å². The SMILES string of the molecule is COc1ccnc(-c2nc3c(-c4cccc(CNC(=O)c5noc(C(C)(C)C)n5)c4F)ccnc3[nH]2)c1. The van der Waals surface area contributed by atoms with Crippen molar-refractivity contribution < 1.29 is 18.4 Å². The summed E-state index contributed by atoms with van der Waals surface area (Å²) < 4.78 is 26.1. The molecule has 0 fully saturated rings. The Kier molecular flexibility index (Phi) is 6.12. The zero-order valence-corrected chi connectivity index (χ0v) is 20.7. The van der Waals surface area contributed by atoms with Crippen LogP contribution in [-0.4, -0.2) is 43.1 Å². The predicted octanol–water partition coefficient (Wildman–Crippen LogP) is 4.45. The number of methoxy groups -OCH3 is 1. The van der Waals surface area contributed by atoms with Crippen LogP contribution in [0.2, 0.25) is 0 Å². The van der Waals surface area contributed by atoms with Crippen molar-refractivity contribution in [3.63, 3.8) is 0 Å². The Morgan fingerprint density at radius 2 is 1.92 bits per heavy atom. The van der Waals surface area contributed by atoms with Crippen LogP contribution in [0.25, 0.3) is 33.8 Å². The van der Waals surface area contributed by atoms with Crippen LogP contribution in [0.3, 0.4) is 0 Å². The van der Waals surface area contributed by atoms with Crippen molar-refractivity contribution in [2.45, 2.75) is 32.7 Å². The standard InChI is InChI=1S/C26H24FN7O3/c1-26(2,3)25-33-23(34-37-25)24(35)30-13-14-6-5-7-16(19(14)27)17-9-11-29-22-20(17)31-21(32-22)18-12-15(36-4)8-10-28-18/h5-12H,13H2,1-4H3,(H,30,35)(H,29,31,32). The lowest BCUT2D eigenvalue weighted by Crippen LogP contribution is -2.25. The quantitative estimate of drug-likeness (QED) is 0.349. The van der Waals surface area contributed by atoms with E-state index >= 15 is 4.39 Å². The van der Waals surface area contributed by atoms with Gasteiger partial charge in [-0.1, -0.05) is 44.1 Å². The van der Waals surface area contributed by atoms with E-state index in [1.54, 1.807) is 55.9 Å². The van der Waals surface area contributed by atoms with Gasteiger partial charge in [0.25, 0.3) is 11.7 Å². The average molecular weight is 502 g/mol. The molecule has 0 atom stereocenters. The summed E-state index contributed by atoms with van der Waals surface area (Å²) in [5.41, 5.74) is 2.32. The molecule has 4 heterocycles. The van der Waals surface area contributed by atoms with Gasteiger partial charge in [0.15, 0.2) is 11.5 Å². The normalized spacial score (nSPS) is 11.6. The first-order valence-corrected chi connectivity index (χ1v) is 11.5. The van der Waals surface area contributed by atoms with Gasteiger partial charge in [0.1, 0.15) is 22.8 Å². The summed E-state index contributed by atoms with van der Waals surface area (Å²) in [5.74, 6) is 0.311. The van der Waals surface area contributed by atoms with Crippen LogP contribution in [0, 0.1) is 5.82 Å². The highest BCUT2D eigenvalue weighted by Crippen LogP contribution is 2.31. The van der Waals surface area contributed by atoms with Crippen molar-refractivity contribution >= 4 is 17.1 Å². The van der Waals surface area contributed by atoms with Crippen molar-refractivity contribution in [3.8, 4) is 28.4 Å². The minimum Gasteiger partial charge on any atom is -0.497 e. The highest BCUT2D eigenvalue weighted by atomic mass is 19.1. The van der Waals surface area contributed by atoms with E-state index in [-0.39, 0.29) is 12.4 Å². The van der Waals surface area contributed by atoms with E-state index in [1.165, 1.54) is 0 Å². The van der Waals surface area contributed by atoms with Gasteiger partial charge in [0.2, 0.25) is 5.89 Å². The third-order valence-electron chi connectivity index (χ3n) is 5.67. The summed E-state index contributed by atoms with van der Waals surface area (Å²) in [6.07, 6.45) is 3.20. The molecule has 10 nitrogen and oxygen atoms in total. The highest BCUT2D eigenvalue weighted by Gasteiger charge is 2.24. The zero-order valence-electron chi connectivity index (χ0n) is 20.7. The maximum absolute atomic E-state index is 15.6. The molecule has 1 amide bonds. The number of H-pyrrole nitrogens is 1. The van der Waals surface area contributed by atoms with Crippen LogP contribution in [0.4, 0.5) is 4.39 Å². The van der Waals surface area contributed by atoms with Crippen LogP contribution < -0.4 is 10.1 Å². The Balaban J connectivity index is 1.42. The van der Waals surface area contributed by atoms with E-state index in [0.29, 0.717) is 51.0 Å². The monoisotopic (exact) mass is 501 g/mol. The number of rotatable bonds is 6. The molecule has 0 aliphatic heterocycles. The number of carbonyl (C=O) groups excluding carboxylic acids is 1. The minimum atomic E-state index is -0.557. The summed E-state index contributed by atoms with van der Waals surface area (Å²) in [7, 11) is 1.57. The van der Waals surface area contributed by atoms with Crippen LogP contribution in [0.1, 0.15) is 42.8 Å². The van der Waals surface area contributed by atoms with Crippen molar-refractivity contribution in [2.75, 3.05) is 7.11 Å². The number of aromatic amines is 1. The molecule has 188 valence electrons. The third kappa shape index (κ3) is 4.75. The summed E-state index contributed by atoms with van der Waals surface area (Å²) in [6.45, 7) is 5.63. The van der Waals surface area contributed by atoms with E-state index < -0.39 is 17.1 Å². The average Bonchev–Trinajstić information content (AvgIpc) is 3.56. The number of hydrogen-bond acceptors (Lipinski definition) is 8. The molecular formula is C26H24FN7O3. The van der Waals surface area contributed by atoms with E-state index in [1.807, 2.05) is 20.8 Å². The number of fused-ring (bicyclic) bond motifs is 1. The van der Waals surface area contributed by atoms with Gasteiger partial charge in [0, 0.05) is 47.1 Å². The Morgan fingerprint density at radius 1 is 1.11 bits per heavy atom. The van der Waals surface area contributed by atoms with Crippen LogP contribution >= 0.6 is 0 Å². The van der Waals surface area contributed by atoms with Gasteiger partial charge >= 0.3 is 0 Å². The van der Waals surface area contributed by atoms with Gasteiger partial charge < -0.3 is 19.6 Å². The van der Waals surface area contributed by atoms with Crippen LogP contribution in [-0.2, 0) is 12.0 Å². The Labute approximate surface area is 211 Å². The number of nitrogens with one attached hydrogen (secondary N) is 2. The molecule has 2 N–H and O–H groups in total. The van der Waals surface area contributed by atoms with E-state index in [4.69, 9.17) is 9.26 Å². The molecule has 4 aromatic heterocycles. The van der Waals surface area contributed by atoms with Gasteiger partial charge in [-0.25, -0.2) is 14.4 Å². The topological polar surface area (TPSA) is 132 Å². The van der Waals surface area contributed by atoms with Crippen molar-refractivity contribution in [2.24, 2.45) is 0 Å². The third-order valence-corrected chi connectivity index (χ3v) is 5.67. The Hall–Kier alpha value is -4.67. The van der Waals surface area contributed by atoms with Crippen LogP contribution in [0.5, 0.6) is 5.75 Å². The molecule has 37 heavy (non-hydrogen) atoms. The number of benzene rings is 1. The lowest BCUT2D eigenvalue weighted by Gasteiger charge is -2.10. The zero-order chi connectivity index (χ0) is 26.2. The lowest BCUT2D eigenvalue weighted by atomic mass is 9.97. The minimum absolute atomic E-state index is 0.0638. The lowest BCUT2D eigenvalue weighted by molar-refractivity contribution is 0.0937. The molecule has 11 heteroatoms. The molecule has 0 saturated heterocycles. The van der Waals surface area contributed by atoms with Gasteiger partial charge in [0.05, 0.1) is 7.11 Å². The summed E-state index contributed by atoms with van der Waals surface area (Å²) in [4.78, 5) is 33.1. The first kappa shape index (κ1) is 24.0. The first-order chi connectivity index (χ1) is 17.7. The molecular weight excluding hydrogens is 477 g/mol. The van der Waals surface area contributed by atoms with E-state index in [2.05, 4.69) is 35.4 Å². The molecule has 1 aromatic carbocycles. The van der Waals surface area contributed by atoms with Crippen LogP contribution in [0.15, 0.2) is 53.3 Å². The Morgan fingerprint density at radius 3 is 2.68 bits per heavy atom. The van der Waals surface area contributed by atoms with E-state index in [9.17, 15) is 4.79 Å². The predicted molar refractivity (Wildman–Crippen MR) is 133 cm³/mol. The maximum atomic E-state index is 15.6. The number of nitrogens with zero attached hydrogens (tertiary/aromatic N) is 5. The molecule has 0 saturated carbocycles. The van der Waals surface area contributed by atoms with Crippen molar-refractivity contribution in [1.82, 2.24) is 35.4 Å². The number of imidazole rings is 1. The van der Waals surface area contributed by atoms with Gasteiger partial charge in [-0.3, -0.25) is 9.78 Å². The summed E-state index contributed by atoms with van der Waals surface area (Å²) >= 11 is 0. The number of halogens is 1. The second-order valence-corrected chi connectivity index (χ2v) is 9.36. The molecule has 0 bridgehead atoms. The number of hydrogen-bond donors (Lipinski definition) is 2. The number of aromatic nitrogens is 6. The molecule has 0 aliphatic carbocycles. The summed E-state index contributed by atoms with van der Waals surface area (Å²) in [5, 5.41) is 6.39. The molecule has 5 aromatic rings. The number of pyridine rings is 2. The first-order valence-electron chi connectivity index (χ1n) is 11.5. The molecule has 0 aliphatic rings. The smallest absolute Gasteiger partial charge is 0.292 e. The molecule has 0 radical (unpaired) electrons. The fourth-order valence-electron chi connectivity index (χ4n) is 3.72. The number of ether oxygens (including phenoxy) is 1. The molecule has 0 spiro atoms. The van der Waals surface area contributed by atoms with Gasteiger partial charge in [-0.05, 0) is 12.1 Å². The second kappa shape index (κ2) is 9.41. The maximum Gasteiger partial charge on any atom is 0.292 e. The summed E-state index contributed by atoms with van der Waals surface area (Å²) in [6, 6.07) is 10.1. The number of amides is 1. The van der Waals surface area contributed by atoms with Crippen molar-refractivity contribution in [1.29, 1.82) is 0 Å². The number of carbonyl (C=O) groups is 1. The van der Waals surface area contributed by atoms with E-state index in [0.717, 1.165) is 0 Å². The fourth-order valence-corrected chi connectivity index (χ4v) is 3.72. The molecule has 5 rings (SSSR count). The molecule has 0 unspecified atom stereocenters. The Bertz CT molecular complexity index is 1600. The van der Waals surface area contributed by atoms with Gasteiger partial charge in [-0.2, -0.15) is 4.98 Å². The highest BCUT2D eigenvalue weighted by molar-refractivity contribution is 5.92. The fraction of sp³-hybridized carbons (Fsp3) is 0.231. The van der Waals surface area contributed by atoms with Gasteiger partial charge in [-0.15, -0.1) is 0 Å².